The van der Waals surface area contributed by atoms with Crippen molar-refractivity contribution in [3.8, 4) is 5.75 Å². The summed E-state index contributed by atoms with van der Waals surface area (Å²) in [6, 6.07) is 0.370. The second kappa shape index (κ2) is 15.3. The Morgan fingerprint density at radius 3 is 1.94 bits per heavy atom. The van der Waals surface area contributed by atoms with E-state index in [0.29, 0.717) is 31.4 Å². The maximum Gasteiger partial charge on any atom is 0.328 e. The Labute approximate surface area is 207 Å². The molecule has 0 aromatic heterocycles. The molecular formula is C22H34N6O8. The number of nitrogens with one attached hydrogen (secondary N) is 3. The number of aliphatic carboxylic acids is 1. The number of aromatic hydroxyl groups is 1. The van der Waals surface area contributed by atoms with E-state index in [0.717, 1.165) is 0 Å². The molecule has 1 rings (SSSR count). The zero-order valence-electron chi connectivity index (χ0n) is 19.7. The Kier molecular flexibility index (Phi) is 12.9. The monoisotopic (exact) mass is 510 g/mol. The first-order valence-electron chi connectivity index (χ1n) is 11.2. The second-order valence-electron chi connectivity index (χ2n) is 8.14. The van der Waals surface area contributed by atoms with E-state index in [1.54, 1.807) is 0 Å². The molecule has 0 heterocycles. The van der Waals surface area contributed by atoms with Gasteiger partial charge in [0.05, 0.1) is 19.1 Å². The zero-order chi connectivity index (χ0) is 27.3. The third-order valence-corrected chi connectivity index (χ3v) is 5.15. The Bertz CT molecular complexity index is 910. The average Bonchev–Trinajstić information content (AvgIpc) is 2.82. The minimum Gasteiger partial charge on any atom is -0.508 e. The van der Waals surface area contributed by atoms with Gasteiger partial charge in [-0.2, -0.15) is 0 Å². The van der Waals surface area contributed by atoms with Gasteiger partial charge in [-0.05, 0) is 37.1 Å². The summed E-state index contributed by atoms with van der Waals surface area (Å²) in [5, 5.41) is 34.5. The van der Waals surface area contributed by atoms with Crippen LogP contribution in [0.25, 0.3) is 0 Å². The first-order valence-corrected chi connectivity index (χ1v) is 11.2. The number of carboxylic acid groups (broad SMARTS) is 1. The molecule has 1 aromatic rings. The number of aliphatic hydroxyl groups is 1. The van der Waals surface area contributed by atoms with Gasteiger partial charge in [-0.3, -0.25) is 19.2 Å². The van der Waals surface area contributed by atoms with Crippen LogP contribution >= 0.6 is 0 Å². The lowest BCUT2D eigenvalue weighted by atomic mass is 10.0. The number of amides is 4. The van der Waals surface area contributed by atoms with Gasteiger partial charge in [-0.25, -0.2) is 4.79 Å². The molecule has 0 aliphatic heterocycles. The molecule has 14 heteroatoms. The lowest BCUT2D eigenvalue weighted by molar-refractivity contribution is -0.143. The molecular weight excluding hydrogens is 476 g/mol. The van der Waals surface area contributed by atoms with Crippen LogP contribution in [0.3, 0.4) is 0 Å². The molecule has 4 amide bonds. The highest BCUT2D eigenvalue weighted by molar-refractivity contribution is 5.96. The Balaban J connectivity index is 3.08. The first-order chi connectivity index (χ1) is 17.0. The highest BCUT2D eigenvalue weighted by atomic mass is 16.4. The standard InChI is InChI=1S/C22H34N6O8/c23-8-2-1-3-14(24)19(32)26-15(9-12-4-6-13(30)7-5-12)20(33)27-16(10-18(25)31)21(34)28-17(11-29)22(35)36/h4-7,14-17,29-30H,1-3,8-11,23-24H2,(H2,25,31)(H,26,32)(H,27,33)(H,28,34)(H,35,36). The van der Waals surface area contributed by atoms with Gasteiger partial charge >= 0.3 is 5.97 Å². The first kappa shape index (κ1) is 30.3. The van der Waals surface area contributed by atoms with Gasteiger partial charge in [0.2, 0.25) is 23.6 Å². The molecule has 200 valence electrons. The van der Waals surface area contributed by atoms with Gasteiger partial charge in [0.15, 0.2) is 0 Å². The van der Waals surface area contributed by atoms with Crippen LogP contribution in [0.15, 0.2) is 24.3 Å². The predicted molar refractivity (Wildman–Crippen MR) is 127 cm³/mol. The number of phenolic OH excluding ortho intramolecular Hbond substituents is 1. The number of carbonyl (C=O) groups excluding carboxylic acids is 4. The smallest absolute Gasteiger partial charge is 0.328 e. The van der Waals surface area contributed by atoms with E-state index in [9.17, 15) is 29.1 Å². The Hall–Kier alpha value is -3.75. The summed E-state index contributed by atoms with van der Waals surface area (Å²) in [7, 11) is 0. The van der Waals surface area contributed by atoms with Gasteiger partial charge in [0, 0.05) is 6.42 Å². The van der Waals surface area contributed by atoms with E-state index in [2.05, 4.69) is 10.6 Å². The number of nitrogens with two attached hydrogens (primary N) is 3. The molecule has 12 N–H and O–H groups in total. The van der Waals surface area contributed by atoms with Crippen molar-refractivity contribution in [2.75, 3.05) is 13.2 Å². The number of carbonyl (C=O) groups is 5. The number of carboxylic acids is 1. The second-order valence-corrected chi connectivity index (χ2v) is 8.14. The molecule has 0 fully saturated rings. The fraction of sp³-hybridized carbons (Fsp3) is 0.500. The van der Waals surface area contributed by atoms with Gasteiger partial charge in [-0.1, -0.05) is 18.6 Å². The van der Waals surface area contributed by atoms with Crippen molar-refractivity contribution in [1.29, 1.82) is 0 Å². The van der Waals surface area contributed by atoms with E-state index >= 15 is 0 Å². The van der Waals surface area contributed by atoms with Crippen molar-refractivity contribution in [3.63, 3.8) is 0 Å². The van der Waals surface area contributed by atoms with Crippen LogP contribution in [-0.4, -0.2) is 82.2 Å². The summed E-state index contributed by atoms with van der Waals surface area (Å²) in [4.78, 5) is 60.8. The van der Waals surface area contributed by atoms with E-state index in [1.165, 1.54) is 24.3 Å². The van der Waals surface area contributed by atoms with Gasteiger partial charge in [-0.15, -0.1) is 0 Å². The van der Waals surface area contributed by atoms with Crippen LogP contribution in [0.5, 0.6) is 5.75 Å². The molecule has 0 aliphatic carbocycles. The van der Waals surface area contributed by atoms with Crippen LogP contribution in [-0.2, 0) is 30.4 Å². The van der Waals surface area contributed by atoms with E-state index < -0.39 is 66.8 Å². The summed E-state index contributed by atoms with van der Waals surface area (Å²) >= 11 is 0. The normalized spacial score (nSPS) is 14.1. The predicted octanol–water partition coefficient (Wildman–Crippen LogP) is -3.20. The van der Waals surface area contributed by atoms with E-state index in [-0.39, 0.29) is 12.2 Å². The number of unbranched alkanes of at least 4 members (excludes halogenated alkanes) is 1. The third kappa shape index (κ3) is 10.7. The van der Waals surface area contributed by atoms with Gasteiger partial charge < -0.3 is 48.5 Å². The zero-order valence-corrected chi connectivity index (χ0v) is 19.7. The van der Waals surface area contributed by atoms with Crippen LogP contribution in [0.2, 0.25) is 0 Å². The molecule has 0 bridgehead atoms. The summed E-state index contributed by atoms with van der Waals surface area (Å²) in [6.07, 6.45) is 0.839. The highest BCUT2D eigenvalue weighted by Crippen LogP contribution is 2.12. The van der Waals surface area contributed by atoms with Crippen LogP contribution in [0.4, 0.5) is 0 Å². The summed E-state index contributed by atoms with van der Waals surface area (Å²) in [6.45, 7) is -0.498. The van der Waals surface area contributed by atoms with Crippen LogP contribution in [0, 0.1) is 0 Å². The molecule has 0 saturated heterocycles. The molecule has 4 unspecified atom stereocenters. The Morgan fingerprint density at radius 1 is 0.861 bits per heavy atom. The van der Waals surface area contributed by atoms with Gasteiger partial charge in [0.1, 0.15) is 23.9 Å². The van der Waals surface area contributed by atoms with Crippen LogP contribution < -0.4 is 33.2 Å². The average molecular weight is 511 g/mol. The van der Waals surface area contributed by atoms with Crippen molar-refractivity contribution >= 4 is 29.6 Å². The fourth-order valence-electron chi connectivity index (χ4n) is 3.14. The summed E-state index contributed by atoms with van der Waals surface area (Å²) < 4.78 is 0. The lowest BCUT2D eigenvalue weighted by Gasteiger charge is -2.24. The quantitative estimate of drug-likeness (QED) is 0.101. The van der Waals surface area contributed by atoms with Crippen molar-refractivity contribution in [1.82, 2.24) is 16.0 Å². The number of rotatable bonds is 16. The highest BCUT2D eigenvalue weighted by Gasteiger charge is 2.31. The SMILES string of the molecule is NCCCCC(N)C(=O)NC(Cc1ccc(O)cc1)C(=O)NC(CC(N)=O)C(=O)NC(CO)C(=O)O. The molecule has 0 spiro atoms. The minimum absolute atomic E-state index is 0.0132. The van der Waals surface area contributed by atoms with Crippen molar-refractivity contribution in [2.45, 2.75) is 56.3 Å². The van der Waals surface area contributed by atoms with Gasteiger partial charge in [0.25, 0.3) is 0 Å². The number of hydrogen-bond acceptors (Lipinski definition) is 9. The Morgan fingerprint density at radius 2 is 1.42 bits per heavy atom. The molecule has 0 saturated carbocycles. The number of primary amides is 1. The molecule has 0 radical (unpaired) electrons. The maximum absolute atomic E-state index is 13.1. The largest absolute Gasteiger partial charge is 0.508 e. The van der Waals surface area contributed by atoms with Crippen molar-refractivity contribution in [2.24, 2.45) is 17.2 Å². The maximum atomic E-state index is 13.1. The molecule has 1 aromatic carbocycles. The van der Waals surface area contributed by atoms with Crippen LogP contribution in [0.1, 0.15) is 31.2 Å². The van der Waals surface area contributed by atoms with Crippen molar-refractivity contribution in [3.05, 3.63) is 29.8 Å². The topological polar surface area (TPSA) is 260 Å². The number of phenols is 1. The summed E-state index contributed by atoms with van der Waals surface area (Å²) in [5.41, 5.74) is 17.1. The van der Waals surface area contributed by atoms with E-state index in [1.807, 2.05) is 5.32 Å². The number of aliphatic hydroxyl groups excluding tert-OH is 1. The van der Waals surface area contributed by atoms with Crippen molar-refractivity contribution < 1.29 is 39.3 Å². The molecule has 14 nitrogen and oxygen atoms in total. The third-order valence-electron chi connectivity index (χ3n) is 5.15. The molecule has 4 atom stereocenters. The number of benzene rings is 1. The summed E-state index contributed by atoms with van der Waals surface area (Å²) in [5.74, 6) is -5.09. The fourth-order valence-corrected chi connectivity index (χ4v) is 3.14. The van der Waals surface area contributed by atoms with E-state index in [4.69, 9.17) is 27.4 Å². The minimum atomic E-state index is -1.68. The lowest BCUT2D eigenvalue weighted by Crippen LogP contribution is -2.58. The molecule has 36 heavy (non-hydrogen) atoms. The number of hydrogen-bond donors (Lipinski definition) is 9. The molecule has 0 aliphatic rings.